The molecule has 74 valence electrons. The first-order valence-electron chi connectivity index (χ1n) is 4.43. The van der Waals surface area contributed by atoms with Crippen molar-refractivity contribution in [2.75, 3.05) is 6.61 Å². The van der Waals surface area contributed by atoms with Crippen molar-refractivity contribution >= 4 is 5.97 Å². The fourth-order valence-electron chi connectivity index (χ4n) is 1.62. The number of carbonyl (C=O) groups is 1. The molecule has 0 radical (unpaired) electrons. The van der Waals surface area contributed by atoms with Gasteiger partial charge < -0.3 is 15.6 Å². The molecule has 0 saturated heterocycles. The molecule has 4 nitrogen and oxygen atoms in total. The highest BCUT2D eigenvalue weighted by Crippen LogP contribution is 2.32. The van der Waals surface area contributed by atoms with Crippen molar-refractivity contribution < 1.29 is 14.6 Å². The maximum Gasteiger partial charge on any atom is 0.325 e. The number of aliphatic carboxylic acids is 1. The van der Waals surface area contributed by atoms with Crippen molar-refractivity contribution in [3.63, 3.8) is 0 Å². The number of hydrogen-bond acceptors (Lipinski definition) is 3. The van der Waals surface area contributed by atoms with E-state index in [1.165, 1.54) is 0 Å². The molecule has 1 aliphatic rings. The Bertz CT molecular complexity index is 376. The summed E-state index contributed by atoms with van der Waals surface area (Å²) in [5, 5.41) is 8.79. The van der Waals surface area contributed by atoms with Gasteiger partial charge in [-0.2, -0.15) is 0 Å². The van der Waals surface area contributed by atoms with Gasteiger partial charge in [0.25, 0.3) is 0 Å². The van der Waals surface area contributed by atoms with Gasteiger partial charge >= 0.3 is 5.97 Å². The van der Waals surface area contributed by atoms with Crippen LogP contribution in [0, 0.1) is 0 Å². The normalized spacial score (nSPS) is 15.8. The van der Waals surface area contributed by atoms with E-state index in [0.29, 0.717) is 17.9 Å². The summed E-state index contributed by atoms with van der Waals surface area (Å²) in [6.45, 7) is 0.610. The SMILES string of the molecule is NC(C(=O)O)c1cccc2c1OCC2. The van der Waals surface area contributed by atoms with Gasteiger partial charge in [0.15, 0.2) is 0 Å². The zero-order valence-corrected chi connectivity index (χ0v) is 7.56. The van der Waals surface area contributed by atoms with Crippen LogP contribution in [0.1, 0.15) is 17.2 Å². The molecule has 0 aliphatic carbocycles. The third kappa shape index (κ3) is 1.33. The molecule has 1 atom stereocenters. The molecule has 0 fully saturated rings. The molecule has 14 heavy (non-hydrogen) atoms. The van der Waals surface area contributed by atoms with Gasteiger partial charge in [-0.15, -0.1) is 0 Å². The summed E-state index contributed by atoms with van der Waals surface area (Å²) in [6.07, 6.45) is 0.829. The average molecular weight is 193 g/mol. The first-order chi connectivity index (χ1) is 6.70. The third-order valence-electron chi connectivity index (χ3n) is 2.35. The summed E-state index contributed by atoms with van der Waals surface area (Å²) in [6, 6.07) is 4.44. The highest BCUT2D eigenvalue weighted by molar-refractivity contribution is 5.76. The zero-order chi connectivity index (χ0) is 10.1. The van der Waals surface area contributed by atoms with Crippen LogP contribution in [-0.4, -0.2) is 17.7 Å². The predicted molar refractivity (Wildman–Crippen MR) is 50.2 cm³/mol. The Labute approximate surface area is 81.3 Å². The zero-order valence-electron chi connectivity index (χ0n) is 7.56. The van der Waals surface area contributed by atoms with E-state index in [0.717, 1.165) is 12.0 Å². The lowest BCUT2D eigenvalue weighted by molar-refractivity contribution is -0.138. The molecule has 0 saturated carbocycles. The lowest BCUT2D eigenvalue weighted by atomic mass is 10.0. The Hall–Kier alpha value is -1.55. The van der Waals surface area contributed by atoms with Gasteiger partial charge in [0.05, 0.1) is 6.61 Å². The number of fused-ring (bicyclic) bond motifs is 1. The minimum atomic E-state index is -1.03. The molecule has 0 spiro atoms. The van der Waals surface area contributed by atoms with Crippen LogP contribution in [0.3, 0.4) is 0 Å². The Morgan fingerprint density at radius 1 is 1.57 bits per heavy atom. The van der Waals surface area contributed by atoms with Crippen LogP contribution in [0.4, 0.5) is 0 Å². The van der Waals surface area contributed by atoms with E-state index >= 15 is 0 Å². The molecular weight excluding hydrogens is 182 g/mol. The Morgan fingerprint density at radius 3 is 3.07 bits per heavy atom. The molecule has 1 unspecified atom stereocenters. The number of hydrogen-bond donors (Lipinski definition) is 2. The number of nitrogens with two attached hydrogens (primary N) is 1. The van der Waals surface area contributed by atoms with Crippen molar-refractivity contribution in [3.8, 4) is 5.75 Å². The molecule has 4 heteroatoms. The molecular formula is C10H11NO3. The number of carboxylic acid groups (broad SMARTS) is 1. The molecule has 2 rings (SSSR count). The number of ether oxygens (including phenoxy) is 1. The van der Waals surface area contributed by atoms with Gasteiger partial charge in [0, 0.05) is 12.0 Å². The first-order valence-corrected chi connectivity index (χ1v) is 4.43. The van der Waals surface area contributed by atoms with Crippen LogP contribution < -0.4 is 10.5 Å². The lowest BCUT2D eigenvalue weighted by Crippen LogP contribution is -2.21. The van der Waals surface area contributed by atoms with Crippen molar-refractivity contribution in [2.45, 2.75) is 12.5 Å². The van der Waals surface area contributed by atoms with Crippen LogP contribution in [0.2, 0.25) is 0 Å². The van der Waals surface area contributed by atoms with Gasteiger partial charge in [-0.3, -0.25) is 4.79 Å². The van der Waals surface area contributed by atoms with E-state index in [4.69, 9.17) is 15.6 Å². The second-order valence-corrected chi connectivity index (χ2v) is 3.25. The molecule has 1 heterocycles. The standard InChI is InChI=1S/C10H11NO3/c11-8(10(12)13)7-3-1-2-6-4-5-14-9(6)7/h1-3,8H,4-5,11H2,(H,12,13). The average Bonchev–Trinajstić information content (AvgIpc) is 2.63. The van der Waals surface area contributed by atoms with Gasteiger partial charge in [-0.1, -0.05) is 18.2 Å². The number of benzene rings is 1. The molecule has 1 aromatic carbocycles. The van der Waals surface area contributed by atoms with E-state index < -0.39 is 12.0 Å². The number of rotatable bonds is 2. The maximum absolute atomic E-state index is 10.7. The smallest absolute Gasteiger partial charge is 0.325 e. The van der Waals surface area contributed by atoms with Gasteiger partial charge in [0.1, 0.15) is 11.8 Å². The molecule has 0 aromatic heterocycles. The van der Waals surface area contributed by atoms with E-state index in [1.807, 2.05) is 12.1 Å². The fourth-order valence-corrected chi connectivity index (χ4v) is 1.62. The van der Waals surface area contributed by atoms with E-state index in [9.17, 15) is 4.79 Å². The minimum absolute atomic E-state index is 0.563. The maximum atomic E-state index is 10.7. The van der Waals surface area contributed by atoms with Gasteiger partial charge in [0.2, 0.25) is 0 Å². The van der Waals surface area contributed by atoms with E-state index in [2.05, 4.69) is 0 Å². The fraction of sp³-hybridized carbons (Fsp3) is 0.300. The topological polar surface area (TPSA) is 72.6 Å². The van der Waals surface area contributed by atoms with Crippen molar-refractivity contribution in [3.05, 3.63) is 29.3 Å². The van der Waals surface area contributed by atoms with Crippen LogP contribution in [-0.2, 0) is 11.2 Å². The van der Waals surface area contributed by atoms with Gasteiger partial charge in [-0.05, 0) is 5.56 Å². The Morgan fingerprint density at radius 2 is 2.36 bits per heavy atom. The van der Waals surface area contributed by atoms with Crippen molar-refractivity contribution in [1.29, 1.82) is 0 Å². The van der Waals surface area contributed by atoms with Crippen LogP contribution in [0.25, 0.3) is 0 Å². The molecule has 0 amide bonds. The molecule has 1 aromatic rings. The van der Waals surface area contributed by atoms with Crippen LogP contribution >= 0.6 is 0 Å². The molecule has 0 bridgehead atoms. The quantitative estimate of drug-likeness (QED) is 0.725. The Kier molecular flexibility index (Phi) is 2.13. The van der Waals surface area contributed by atoms with E-state index in [1.54, 1.807) is 6.07 Å². The Balaban J connectivity index is 2.44. The van der Waals surface area contributed by atoms with Crippen LogP contribution in [0.5, 0.6) is 5.75 Å². The highest BCUT2D eigenvalue weighted by atomic mass is 16.5. The lowest BCUT2D eigenvalue weighted by Gasteiger charge is -2.11. The molecule has 1 aliphatic heterocycles. The second kappa shape index (κ2) is 3.31. The summed E-state index contributed by atoms with van der Waals surface area (Å²) >= 11 is 0. The largest absolute Gasteiger partial charge is 0.493 e. The summed E-state index contributed by atoms with van der Waals surface area (Å²) in [5.74, 6) is -0.378. The summed E-state index contributed by atoms with van der Waals surface area (Å²) in [5.41, 5.74) is 7.13. The monoisotopic (exact) mass is 193 g/mol. The third-order valence-corrected chi connectivity index (χ3v) is 2.35. The van der Waals surface area contributed by atoms with Crippen molar-refractivity contribution in [1.82, 2.24) is 0 Å². The number of carboxylic acids is 1. The van der Waals surface area contributed by atoms with Crippen molar-refractivity contribution in [2.24, 2.45) is 5.73 Å². The van der Waals surface area contributed by atoms with Crippen LogP contribution in [0.15, 0.2) is 18.2 Å². The van der Waals surface area contributed by atoms with Gasteiger partial charge in [-0.25, -0.2) is 0 Å². The summed E-state index contributed by atoms with van der Waals surface area (Å²) in [7, 11) is 0. The second-order valence-electron chi connectivity index (χ2n) is 3.25. The highest BCUT2D eigenvalue weighted by Gasteiger charge is 2.23. The predicted octanol–water partition coefficient (Wildman–Crippen LogP) is 0.706. The summed E-state index contributed by atoms with van der Waals surface area (Å²) < 4.78 is 5.36. The van der Waals surface area contributed by atoms with E-state index in [-0.39, 0.29) is 0 Å². The first kappa shape index (κ1) is 9.02. The molecule has 3 N–H and O–H groups in total. The summed E-state index contributed by atoms with van der Waals surface area (Å²) in [4.78, 5) is 10.7. The minimum Gasteiger partial charge on any atom is -0.493 e. The number of para-hydroxylation sites is 1.